The predicted octanol–water partition coefficient (Wildman–Crippen LogP) is 2.66. The average molecular weight is 252 g/mol. The Bertz CT molecular complexity index is 409. The van der Waals surface area contributed by atoms with Gasteiger partial charge in [-0.25, -0.2) is 0 Å². The number of hydrogen-bond donors (Lipinski definition) is 2. The summed E-state index contributed by atoms with van der Waals surface area (Å²) in [7, 11) is 0. The van der Waals surface area contributed by atoms with Gasteiger partial charge in [-0.2, -0.15) is 0 Å². The number of hydrogen-bond acceptors (Lipinski definition) is 2. The summed E-state index contributed by atoms with van der Waals surface area (Å²) in [6, 6.07) is 3.98. The highest BCUT2D eigenvalue weighted by molar-refractivity contribution is 5.74. The number of rotatable bonds is 6. The standard InChI is InChI=1S/C14H21FN2O/c1-9-6-12(11(3)8-15)7-10(2)14(9)17-5-4-13(16)18/h6-7,11,17H,4-5,8H2,1-3H3,(H2,16,18). The van der Waals surface area contributed by atoms with Crippen LogP contribution in [0.5, 0.6) is 0 Å². The first-order valence-electron chi connectivity index (χ1n) is 6.15. The van der Waals surface area contributed by atoms with Crippen molar-refractivity contribution in [2.75, 3.05) is 18.5 Å². The van der Waals surface area contributed by atoms with Crippen molar-refractivity contribution in [3.8, 4) is 0 Å². The lowest BCUT2D eigenvalue weighted by Gasteiger charge is -2.16. The fraction of sp³-hybridized carbons (Fsp3) is 0.500. The van der Waals surface area contributed by atoms with E-state index in [9.17, 15) is 9.18 Å². The Hall–Kier alpha value is -1.58. The van der Waals surface area contributed by atoms with Gasteiger partial charge >= 0.3 is 0 Å². The van der Waals surface area contributed by atoms with Gasteiger partial charge in [-0.05, 0) is 30.5 Å². The average Bonchev–Trinajstić information content (AvgIpc) is 2.31. The molecule has 0 saturated carbocycles. The van der Waals surface area contributed by atoms with Crippen LogP contribution >= 0.6 is 0 Å². The Kier molecular flexibility index (Phi) is 5.13. The molecule has 0 radical (unpaired) electrons. The highest BCUT2D eigenvalue weighted by Crippen LogP contribution is 2.26. The Morgan fingerprint density at radius 3 is 2.39 bits per heavy atom. The molecule has 1 aromatic rings. The van der Waals surface area contributed by atoms with Crippen LogP contribution in [0.25, 0.3) is 0 Å². The van der Waals surface area contributed by atoms with E-state index in [4.69, 9.17) is 5.73 Å². The molecule has 0 bridgehead atoms. The fourth-order valence-electron chi connectivity index (χ4n) is 1.96. The van der Waals surface area contributed by atoms with Gasteiger partial charge in [-0.15, -0.1) is 0 Å². The number of amides is 1. The molecule has 1 unspecified atom stereocenters. The molecule has 100 valence electrons. The van der Waals surface area contributed by atoms with Gasteiger partial charge in [0, 0.05) is 24.6 Å². The molecule has 0 aliphatic rings. The zero-order chi connectivity index (χ0) is 13.7. The second-order valence-corrected chi connectivity index (χ2v) is 4.73. The lowest BCUT2D eigenvalue weighted by atomic mass is 9.96. The van der Waals surface area contributed by atoms with Crippen LogP contribution in [0.1, 0.15) is 36.0 Å². The normalized spacial score (nSPS) is 12.2. The minimum Gasteiger partial charge on any atom is -0.384 e. The highest BCUT2D eigenvalue weighted by atomic mass is 19.1. The zero-order valence-corrected chi connectivity index (χ0v) is 11.2. The van der Waals surface area contributed by atoms with Crippen LogP contribution in [0.2, 0.25) is 0 Å². The van der Waals surface area contributed by atoms with E-state index >= 15 is 0 Å². The lowest BCUT2D eigenvalue weighted by Crippen LogP contribution is -2.16. The summed E-state index contributed by atoms with van der Waals surface area (Å²) in [6.45, 7) is 6.00. The number of aryl methyl sites for hydroxylation is 2. The predicted molar refractivity (Wildman–Crippen MR) is 72.6 cm³/mol. The fourth-order valence-corrected chi connectivity index (χ4v) is 1.96. The van der Waals surface area contributed by atoms with E-state index in [-0.39, 0.29) is 18.5 Å². The van der Waals surface area contributed by atoms with Crippen molar-refractivity contribution < 1.29 is 9.18 Å². The van der Waals surface area contributed by atoms with E-state index in [1.807, 2.05) is 32.9 Å². The number of halogens is 1. The summed E-state index contributed by atoms with van der Waals surface area (Å²) in [6.07, 6.45) is 0.307. The van der Waals surface area contributed by atoms with E-state index in [1.54, 1.807) is 0 Å². The van der Waals surface area contributed by atoms with Crippen LogP contribution in [0, 0.1) is 13.8 Å². The number of primary amides is 1. The van der Waals surface area contributed by atoms with Crippen molar-refractivity contribution in [3.63, 3.8) is 0 Å². The first kappa shape index (κ1) is 14.5. The van der Waals surface area contributed by atoms with Crippen LogP contribution in [-0.4, -0.2) is 19.1 Å². The van der Waals surface area contributed by atoms with Crippen molar-refractivity contribution in [2.24, 2.45) is 5.73 Å². The van der Waals surface area contributed by atoms with Crippen molar-refractivity contribution in [2.45, 2.75) is 33.1 Å². The maximum absolute atomic E-state index is 12.7. The molecule has 3 N–H and O–H groups in total. The summed E-state index contributed by atoms with van der Waals surface area (Å²) in [5.74, 6) is -0.400. The molecular formula is C14H21FN2O. The Morgan fingerprint density at radius 2 is 1.94 bits per heavy atom. The molecule has 0 aromatic heterocycles. The quantitative estimate of drug-likeness (QED) is 0.817. The van der Waals surface area contributed by atoms with Crippen LogP contribution in [0.4, 0.5) is 10.1 Å². The molecule has 1 amide bonds. The molecule has 0 saturated heterocycles. The molecule has 0 spiro atoms. The summed E-state index contributed by atoms with van der Waals surface area (Å²) in [5, 5.41) is 3.20. The molecule has 1 rings (SSSR count). The molecule has 4 heteroatoms. The summed E-state index contributed by atoms with van der Waals surface area (Å²) in [4.78, 5) is 10.7. The number of carbonyl (C=O) groups is 1. The molecular weight excluding hydrogens is 231 g/mol. The molecule has 0 heterocycles. The zero-order valence-electron chi connectivity index (χ0n) is 11.2. The molecule has 1 aromatic carbocycles. The summed E-state index contributed by atoms with van der Waals surface area (Å²) >= 11 is 0. The topological polar surface area (TPSA) is 55.1 Å². The third-order valence-corrected chi connectivity index (χ3v) is 3.03. The van der Waals surface area contributed by atoms with Crippen LogP contribution in [-0.2, 0) is 4.79 Å². The van der Waals surface area contributed by atoms with Gasteiger partial charge in [0.1, 0.15) is 0 Å². The van der Waals surface area contributed by atoms with Gasteiger partial charge < -0.3 is 11.1 Å². The van der Waals surface area contributed by atoms with Gasteiger partial charge in [0.05, 0.1) is 6.67 Å². The summed E-state index contributed by atoms with van der Waals surface area (Å²) < 4.78 is 12.7. The first-order valence-corrected chi connectivity index (χ1v) is 6.15. The summed E-state index contributed by atoms with van der Waals surface area (Å²) in [5.41, 5.74) is 9.24. The Morgan fingerprint density at radius 1 is 1.39 bits per heavy atom. The van der Waals surface area contributed by atoms with Gasteiger partial charge in [0.15, 0.2) is 0 Å². The smallest absolute Gasteiger partial charge is 0.219 e. The van der Waals surface area contributed by atoms with Crippen LogP contribution in [0.15, 0.2) is 12.1 Å². The number of nitrogens with one attached hydrogen (secondary N) is 1. The van der Waals surface area contributed by atoms with E-state index in [0.29, 0.717) is 13.0 Å². The maximum Gasteiger partial charge on any atom is 0.219 e. The largest absolute Gasteiger partial charge is 0.384 e. The first-order chi connectivity index (χ1) is 8.45. The van der Waals surface area contributed by atoms with Gasteiger partial charge in [0.2, 0.25) is 5.91 Å². The van der Waals surface area contributed by atoms with Gasteiger partial charge in [-0.1, -0.05) is 19.1 Å². The van der Waals surface area contributed by atoms with Gasteiger partial charge in [0.25, 0.3) is 0 Å². The molecule has 1 atom stereocenters. The molecule has 18 heavy (non-hydrogen) atoms. The Balaban J connectivity index is 2.84. The second kappa shape index (κ2) is 6.38. The number of benzene rings is 1. The SMILES string of the molecule is Cc1cc(C(C)CF)cc(C)c1NCCC(N)=O. The number of alkyl halides is 1. The third-order valence-electron chi connectivity index (χ3n) is 3.03. The molecule has 3 nitrogen and oxygen atoms in total. The van der Waals surface area contributed by atoms with E-state index in [1.165, 1.54) is 0 Å². The van der Waals surface area contributed by atoms with E-state index in [0.717, 1.165) is 22.4 Å². The number of nitrogens with two attached hydrogens (primary N) is 1. The maximum atomic E-state index is 12.7. The van der Waals surface area contributed by atoms with Crippen molar-refractivity contribution >= 4 is 11.6 Å². The molecule has 0 fully saturated rings. The lowest BCUT2D eigenvalue weighted by molar-refractivity contribution is -0.117. The van der Waals surface area contributed by atoms with Crippen molar-refractivity contribution in [1.29, 1.82) is 0 Å². The minimum atomic E-state index is -0.354. The monoisotopic (exact) mass is 252 g/mol. The molecule has 0 aliphatic heterocycles. The van der Waals surface area contributed by atoms with E-state index in [2.05, 4.69) is 5.32 Å². The van der Waals surface area contributed by atoms with Gasteiger partial charge in [-0.3, -0.25) is 9.18 Å². The van der Waals surface area contributed by atoms with Crippen LogP contribution in [0.3, 0.4) is 0 Å². The minimum absolute atomic E-state index is 0.0814. The van der Waals surface area contributed by atoms with Crippen molar-refractivity contribution in [3.05, 3.63) is 28.8 Å². The number of carbonyl (C=O) groups excluding carboxylic acids is 1. The Labute approximate surface area is 108 Å². The van der Waals surface area contributed by atoms with E-state index < -0.39 is 0 Å². The second-order valence-electron chi connectivity index (χ2n) is 4.73. The van der Waals surface area contributed by atoms with Crippen molar-refractivity contribution in [1.82, 2.24) is 0 Å². The number of anilines is 1. The van der Waals surface area contributed by atoms with Crippen LogP contribution < -0.4 is 11.1 Å². The molecule has 0 aliphatic carbocycles. The highest BCUT2D eigenvalue weighted by Gasteiger charge is 2.10. The third kappa shape index (κ3) is 3.72.